The van der Waals surface area contributed by atoms with Crippen molar-refractivity contribution in [1.29, 1.82) is 0 Å². The molecule has 19 heavy (non-hydrogen) atoms. The Morgan fingerprint density at radius 2 is 2.11 bits per heavy atom. The van der Waals surface area contributed by atoms with Crippen molar-refractivity contribution >= 4 is 0 Å². The van der Waals surface area contributed by atoms with Crippen molar-refractivity contribution in [3.05, 3.63) is 69.4 Å². The summed E-state index contributed by atoms with van der Waals surface area (Å²) in [6, 6.07) is 9.31. The van der Waals surface area contributed by atoms with Crippen LogP contribution in [0.3, 0.4) is 0 Å². The van der Waals surface area contributed by atoms with Crippen molar-refractivity contribution in [2.45, 2.75) is 25.4 Å². The van der Waals surface area contributed by atoms with Crippen LogP contribution in [-0.2, 0) is 4.74 Å². The summed E-state index contributed by atoms with van der Waals surface area (Å²) in [6.07, 6.45) is 5.90. The van der Waals surface area contributed by atoms with E-state index in [1.165, 1.54) is 7.11 Å². The van der Waals surface area contributed by atoms with E-state index in [1.54, 1.807) is 0 Å². The second kappa shape index (κ2) is 6.29. The van der Waals surface area contributed by atoms with Gasteiger partial charge in [-0.2, -0.15) is 0 Å². The summed E-state index contributed by atoms with van der Waals surface area (Å²) in [5.41, 5.74) is 1.74. The molecule has 1 aliphatic rings. The van der Waals surface area contributed by atoms with E-state index in [0.717, 1.165) is 30.4 Å². The molecular weight excluding hydrogens is 242 g/mol. The molecule has 0 aliphatic heterocycles. The highest BCUT2D eigenvalue weighted by Gasteiger charge is 2.30. The molecule has 0 saturated carbocycles. The Hall–Kier alpha value is -1.94. The third kappa shape index (κ3) is 3.09. The number of benzene rings is 1. The van der Waals surface area contributed by atoms with Gasteiger partial charge in [-0.3, -0.25) is 10.1 Å². The summed E-state index contributed by atoms with van der Waals surface area (Å²) in [5, 5.41) is 11.4. The van der Waals surface area contributed by atoms with Gasteiger partial charge < -0.3 is 4.74 Å². The number of nitrogens with zero attached hydrogens (tertiary/aromatic N) is 1. The highest BCUT2D eigenvalue weighted by molar-refractivity contribution is 5.32. The third-order valence-electron chi connectivity index (χ3n) is 3.25. The van der Waals surface area contributed by atoms with Crippen LogP contribution in [0.15, 0.2) is 53.8 Å². The normalized spacial score (nSPS) is 19.0. The zero-order chi connectivity index (χ0) is 13.7. The Morgan fingerprint density at radius 1 is 1.37 bits per heavy atom. The lowest BCUT2D eigenvalue weighted by Gasteiger charge is -2.17. The maximum atomic E-state index is 11.4. The number of hydrogen-bond acceptors (Lipinski definition) is 3. The minimum Gasteiger partial charge on any atom is -0.365 e. The summed E-state index contributed by atoms with van der Waals surface area (Å²) >= 11 is 0. The Morgan fingerprint density at radius 3 is 2.63 bits per heavy atom. The zero-order valence-electron chi connectivity index (χ0n) is 10.9. The van der Waals surface area contributed by atoms with Crippen LogP contribution < -0.4 is 0 Å². The zero-order valence-corrected chi connectivity index (χ0v) is 10.9. The summed E-state index contributed by atoms with van der Waals surface area (Å²) in [4.78, 5) is 11.1. The van der Waals surface area contributed by atoms with E-state index in [1.807, 2.05) is 42.5 Å². The molecule has 1 aromatic rings. The number of methoxy groups -OCH3 is 1. The molecular formula is C15H17NO3. The van der Waals surface area contributed by atoms with Crippen LogP contribution >= 0.6 is 0 Å². The fraction of sp³-hybridized carbons (Fsp3) is 0.333. The SMILES string of the molecule is COC(/C(=C1/C=CCCC1)[N+](=O)[O-])c1ccccc1. The molecule has 0 aromatic heterocycles. The van der Waals surface area contributed by atoms with E-state index in [0.29, 0.717) is 0 Å². The lowest BCUT2D eigenvalue weighted by Crippen LogP contribution is -2.15. The second-order valence-corrected chi connectivity index (χ2v) is 4.49. The number of rotatable bonds is 4. The largest absolute Gasteiger partial charge is 0.365 e. The van der Waals surface area contributed by atoms with Crippen LogP contribution in [0.2, 0.25) is 0 Å². The minimum atomic E-state index is -0.617. The third-order valence-corrected chi connectivity index (χ3v) is 3.25. The average Bonchev–Trinajstić information content (AvgIpc) is 2.46. The molecule has 100 valence electrons. The summed E-state index contributed by atoms with van der Waals surface area (Å²) in [6.45, 7) is 0. The van der Waals surface area contributed by atoms with Crippen molar-refractivity contribution in [1.82, 2.24) is 0 Å². The van der Waals surface area contributed by atoms with Crippen molar-refractivity contribution in [2.24, 2.45) is 0 Å². The van der Waals surface area contributed by atoms with E-state index >= 15 is 0 Å². The number of ether oxygens (including phenoxy) is 1. The lowest BCUT2D eigenvalue weighted by atomic mass is 9.95. The molecule has 4 nitrogen and oxygen atoms in total. The monoisotopic (exact) mass is 259 g/mol. The van der Waals surface area contributed by atoms with Gasteiger partial charge in [-0.05, 0) is 24.8 Å². The van der Waals surface area contributed by atoms with Gasteiger partial charge in [0, 0.05) is 12.7 Å². The first-order valence-electron chi connectivity index (χ1n) is 6.35. The second-order valence-electron chi connectivity index (χ2n) is 4.49. The molecule has 2 rings (SSSR count). The van der Waals surface area contributed by atoms with E-state index in [-0.39, 0.29) is 10.6 Å². The Labute approximate surface area is 112 Å². The molecule has 0 saturated heterocycles. The molecule has 0 radical (unpaired) electrons. The highest BCUT2D eigenvalue weighted by Crippen LogP contribution is 2.31. The predicted molar refractivity (Wildman–Crippen MR) is 73.2 cm³/mol. The topological polar surface area (TPSA) is 52.4 Å². The molecule has 4 heteroatoms. The van der Waals surface area contributed by atoms with Gasteiger partial charge in [-0.25, -0.2) is 0 Å². The molecule has 1 atom stereocenters. The van der Waals surface area contributed by atoms with Crippen molar-refractivity contribution < 1.29 is 9.66 Å². The number of nitro groups is 1. The number of hydrogen-bond donors (Lipinski definition) is 0. The average molecular weight is 259 g/mol. The molecule has 0 bridgehead atoms. The quantitative estimate of drug-likeness (QED) is 0.612. The van der Waals surface area contributed by atoms with Gasteiger partial charge in [0.25, 0.3) is 5.70 Å². The summed E-state index contributed by atoms with van der Waals surface area (Å²) in [5.74, 6) is 0. The van der Waals surface area contributed by atoms with Crippen LogP contribution in [0, 0.1) is 10.1 Å². The predicted octanol–water partition coefficient (Wildman–Crippen LogP) is 3.65. The molecule has 1 unspecified atom stereocenters. The fourth-order valence-electron chi connectivity index (χ4n) is 2.35. The van der Waals surface area contributed by atoms with Crippen molar-refractivity contribution in [3.8, 4) is 0 Å². The fourth-order valence-corrected chi connectivity index (χ4v) is 2.35. The van der Waals surface area contributed by atoms with E-state index < -0.39 is 6.10 Å². The first kappa shape index (κ1) is 13.5. The first-order chi connectivity index (χ1) is 9.24. The Bertz CT molecular complexity index is 505. The minimum absolute atomic E-state index is 0.157. The lowest BCUT2D eigenvalue weighted by molar-refractivity contribution is -0.438. The van der Waals surface area contributed by atoms with Crippen LogP contribution in [0.5, 0.6) is 0 Å². The van der Waals surface area contributed by atoms with Gasteiger partial charge in [0.05, 0.1) is 4.92 Å². The standard InChI is InChI=1S/C15H17NO3/c1-19-15(13-10-6-3-7-11-13)14(16(17)18)12-8-4-2-5-9-12/h3-4,6-8,10-11,15H,2,5,9H2,1H3/b14-12+. The smallest absolute Gasteiger partial charge is 0.282 e. The van der Waals surface area contributed by atoms with Crippen molar-refractivity contribution in [2.75, 3.05) is 7.11 Å². The molecule has 0 N–H and O–H groups in total. The van der Waals surface area contributed by atoms with Gasteiger partial charge in [0.2, 0.25) is 0 Å². The van der Waals surface area contributed by atoms with Gasteiger partial charge >= 0.3 is 0 Å². The summed E-state index contributed by atoms with van der Waals surface area (Å²) < 4.78 is 5.38. The van der Waals surface area contributed by atoms with Gasteiger partial charge in [0.1, 0.15) is 0 Å². The molecule has 1 aromatic carbocycles. The van der Waals surface area contributed by atoms with Crippen LogP contribution in [-0.4, -0.2) is 12.0 Å². The van der Waals surface area contributed by atoms with Crippen LogP contribution in [0.25, 0.3) is 0 Å². The molecule has 0 spiro atoms. The van der Waals surface area contributed by atoms with Gasteiger partial charge in [-0.1, -0.05) is 42.5 Å². The van der Waals surface area contributed by atoms with Gasteiger partial charge in [-0.15, -0.1) is 0 Å². The van der Waals surface area contributed by atoms with Crippen LogP contribution in [0.4, 0.5) is 0 Å². The maximum Gasteiger partial charge on any atom is 0.282 e. The van der Waals surface area contributed by atoms with Gasteiger partial charge in [0.15, 0.2) is 6.10 Å². The molecule has 1 aliphatic carbocycles. The molecule has 0 fully saturated rings. The molecule has 0 amide bonds. The Kier molecular flexibility index (Phi) is 4.47. The van der Waals surface area contributed by atoms with Crippen LogP contribution in [0.1, 0.15) is 30.9 Å². The Balaban J connectivity index is 2.45. The van der Waals surface area contributed by atoms with Crippen molar-refractivity contribution in [3.63, 3.8) is 0 Å². The van der Waals surface area contributed by atoms with E-state index in [9.17, 15) is 10.1 Å². The first-order valence-corrected chi connectivity index (χ1v) is 6.35. The van der Waals surface area contributed by atoms with E-state index in [4.69, 9.17) is 4.74 Å². The number of allylic oxidation sites excluding steroid dienone is 3. The summed E-state index contributed by atoms with van der Waals surface area (Å²) in [7, 11) is 1.51. The molecule has 0 heterocycles. The highest BCUT2D eigenvalue weighted by atomic mass is 16.6. The maximum absolute atomic E-state index is 11.4. The van der Waals surface area contributed by atoms with E-state index in [2.05, 4.69) is 0 Å².